The lowest BCUT2D eigenvalue weighted by molar-refractivity contribution is 0.175. The number of nitrogens with two attached hydrogens (primary N) is 1. The zero-order valence-electron chi connectivity index (χ0n) is 12.7. The molecule has 0 aliphatic carbocycles. The first-order valence-corrected chi connectivity index (χ1v) is 8.11. The molecule has 22 heavy (non-hydrogen) atoms. The number of aromatic nitrogens is 3. The van der Waals surface area contributed by atoms with Gasteiger partial charge >= 0.3 is 6.03 Å². The molecule has 2 amide bonds. The molecule has 0 radical (unpaired) electrons. The van der Waals surface area contributed by atoms with Crippen LogP contribution in [0.3, 0.4) is 0 Å². The number of nitrogens with zero attached hydrogens (tertiary/aromatic N) is 4. The molecule has 0 bridgehead atoms. The Morgan fingerprint density at radius 1 is 1.50 bits per heavy atom. The Hall–Kier alpha value is -2.09. The summed E-state index contributed by atoms with van der Waals surface area (Å²) in [5, 5.41) is 0.911. The fourth-order valence-corrected chi connectivity index (χ4v) is 3.48. The molecule has 7 nitrogen and oxygen atoms in total. The number of carbonyl (C=O) groups excluding carboxylic acids is 1. The van der Waals surface area contributed by atoms with Crippen molar-refractivity contribution in [2.75, 3.05) is 24.5 Å². The van der Waals surface area contributed by atoms with Crippen LogP contribution in [-0.2, 0) is 0 Å². The molecule has 2 aromatic rings. The number of urea groups is 1. The van der Waals surface area contributed by atoms with Gasteiger partial charge in [-0.05, 0) is 11.6 Å². The van der Waals surface area contributed by atoms with E-state index in [1.165, 1.54) is 11.5 Å². The Morgan fingerprint density at radius 2 is 2.32 bits per heavy atom. The zero-order valence-corrected chi connectivity index (χ0v) is 13.5. The van der Waals surface area contributed by atoms with E-state index in [1.54, 1.807) is 4.90 Å². The maximum absolute atomic E-state index is 11.7. The van der Waals surface area contributed by atoms with Gasteiger partial charge in [0.15, 0.2) is 0 Å². The van der Waals surface area contributed by atoms with E-state index in [0.29, 0.717) is 19.0 Å². The number of H-pyrrole nitrogens is 1. The molecular weight excluding hydrogens is 300 g/mol. The first-order valence-electron chi connectivity index (χ1n) is 7.33. The molecule has 3 rings (SSSR count). The number of hydrogen-bond acceptors (Lipinski definition) is 5. The van der Waals surface area contributed by atoms with E-state index in [-0.39, 0.29) is 12.1 Å². The number of amides is 2. The van der Waals surface area contributed by atoms with Crippen LogP contribution in [0.15, 0.2) is 18.5 Å². The van der Waals surface area contributed by atoms with Gasteiger partial charge in [0.1, 0.15) is 5.82 Å². The minimum Gasteiger partial charge on any atom is -0.367 e. The molecule has 8 heteroatoms. The van der Waals surface area contributed by atoms with Crippen molar-refractivity contribution in [2.45, 2.75) is 25.8 Å². The second-order valence-corrected chi connectivity index (χ2v) is 6.46. The van der Waals surface area contributed by atoms with Gasteiger partial charge in [-0.25, -0.2) is 9.78 Å². The summed E-state index contributed by atoms with van der Waals surface area (Å²) in [7, 11) is 0. The normalized spacial score (nSPS) is 19.0. The molecule has 2 aromatic heterocycles. The van der Waals surface area contributed by atoms with E-state index in [4.69, 9.17) is 5.73 Å². The van der Waals surface area contributed by atoms with E-state index in [2.05, 4.69) is 33.1 Å². The van der Waals surface area contributed by atoms with Crippen LogP contribution in [0.4, 0.5) is 9.93 Å². The van der Waals surface area contributed by atoms with Crippen molar-refractivity contribution in [3.63, 3.8) is 0 Å². The first kappa shape index (κ1) is 14.8. The molecule has 1 atom stereocenters. The van der Waals surface area contributed by atoms with Gasteiger partial charge < -0.3 is 20.5 Å². The smallest absolute Gasteiger partial charge is 0.315 e. The lowest BCUT2D eigenvalue weighted by Crippen LogP contribution is -2.52. The van der Waals surface area contributed by atoms with E-state index >= 15 is 0 Å². The number of aromatic amines is 1. The molecule has 3 N–H and O–H groups in total. The van der Waals surface area contributed by atoms with Crippen LogP contribution in [0, 0.1) is 0 Å². The van der Waals surface area contributed by atoms with Crippen LogP contribution in [0.1, 0.15) is 37.2 Å². The maximum atomic E-state index is 11.7. The maximum Gasteiger partial charge on any atom is 0.315 e. The number of hydrogen-bond donors (Lipinski definition) is 2. The van der Waals surface area contributed by atoms with Gasteiger partial charge in [0, 0.05) is 49.5 Å². The van der Waals surface area contributed by atoms with Gasteiger partial charge in [-0.3, -0.25) is 0 Å². The predicted molar refractivity (Wildman–Crippen MR) is 86.0 cm³/mol. The first-order chi connectivity index (χ1) is 10.6. The standard InChI is InChI=1S/C14H20N6OS/c1-9(2)12-17-14(22-18-12)19-5-6-20(13(15)21)11(8-19)10-3-4-16-7-10/h3-4,7,9,11,16H,5-6,8H2,1-2H3,(H2,15,21). The number of carbonyl (C=O) groups is 1. The van der Waals surface area contributed by atoms with Gasteiger partial charge in [0.25, 0.3) is 0 Å². The molecule has 0 saturated carbocycles. The van der Waals surface area contributed by atoms with Crippen LogP contribution in [0.25, 0.3) is 0 Å². The third-order valence-electron chi connectivity index (χ3n) is 3.89. The fraction of sp³-hybridized carbons (Fsp3) is 0.500. The Bertz CT molecular complexity index is 638. The van der Waals surface area contributed by atoms with Crippen molar-refractivity contribution < 1.29 is 4.79 Å². The summed E-state index contributed by atoms with van der Waals surface area (Å²) in [4.78, 5) is 23.2. The fourth-order valence-electron chi connectivity index (χ4n) is 2.64. The van der Waals surface area contributed by atoms with E-state index in [9.17, 15) is 4.79 Å². The molecule has 1 fully saturated rings. The molecule has 3 heterocycles. The summed E-state index contributed by atoms with van der Waals surface area (Å²) >= 11 is 1.42. The molecule has 1 saturated heterocycles. The summed E-state index contributed by atoms with van der Waals surface area (Å²) in [5.74, 6) is 1.19. The number of nitrogens with one attached hydrogen (secondary N) is 1. The zero-order chi connectivity index (χ0) is 15.7. The monoisotopic (exact) mass is 320 g/mol. The van der Waals surface area contributed by atoms with Crippen molar-refractivity contribution in [1.29, 1.82) is 0 Å². The van der Waals surface area contributed by atoms with Gasteiger partial charge in [0.05, 0.1) is 6.04 Å². The number of piperazine rings is 1. The second kappa shape index (κ2) is 5.96. The minimum atomic E-state index is -0.383. The number of rotatable bonds is 3. The Labute approximate surface area is 133 Å². The average Bonchev–Trinajstić information content (AvgIpc) is 3.18. The molecule has 1 unspecified atom stereocenters. The van der Waals surface area contributed by atoms with Crippen LogP contribution in [-0.4, -0.2) is 44.9 Å². The lowest BCUT2D eigenvalue weighted by Gasteiger charge is -2.40. The summed E-state index contributed by atoms with van der Waals surface area (Å²) < 4.78 is 4.41. The summed E-state index contributed by atoms with van der Waals surface area (Å²) in [6.45, 7) is 6.14. The van der Waals surface area contributed by atoms with Gasteiger partial charge in [-0.2, -0.15) is 4.37 Å². The van der Waals surface area contributed by atoms with Crippen LogP contribution in [0.5, 0.6) is 0 Å². The summed E-state index contributed by atoms with van der Waals surface area (Å²) in [5.41, 5.74) is 6.58. The highest BCUT2D eigenvalue weighted by Crippen LogP contribution is 2.29. The largest absolute Gasteiger partial charge is 0.367 e. The van der Waals surface area contributed by atoms with Crippen molar-refractivity contribution >= 4 is 22.7 Å². The minimum absolute atomic E-state index is 0.0658. The molecule has 118 valence electrons. The average molecular weight is 320 g/mol. The molecule has 1 aliphatic rings. The Morgan fingerprint density at radius 3 is 2.91 bits per heavy atom. The van der Waals surface area contributed by atoms with Gasteiger partial charge in [-0.1, -0.05) is 13.8 Å². The van der Waals surface area contributed by atoms with Gasteiger partial charge in [0.2, 0.25) is 5.13 Å². The molecule has 0 aromatic carbocycles. The van der Waals surface area contributed by atoms with Crippen LogP contribution >= 0.6 is 11.5 Å². The predicted octanol–water partition coefficient (Wildman–Crippen LogP) is 1.93. The van der Waals surface area contributed by atoms with Crippen LogP contribution in [0.2, 0.25) is 0 Å². The molecule has 1 aliphatic heterocycles. The third-order valence-corrected chi connectivity index (χ3v) is 4.68. The van der Waals surface area contributed by atoms with Crippen molar-refractivity contribution in [2.24, 2.45) is 5.73 Å². The van der Waals surface area contributed by atoms with Crippen molar-refractivity contribution in [1.82, 2.24) is 19.2 Å². The quantitative estimate of drug-likeness (QED) is 0.904. The van der Waals surface area contributed by atoms with E-state index in [0.717, 1.165) is 23.1 Å². The Balaban J connectivity index is 1.82. The second-order valence-electron chi connectivity index (χ2n) is 5.73. The van der Waals surface area contributed by atoms with E-state index < -0.39 is 0 Å². The molecular formula is C14H20N6OS. The van der Waals surface area contributed by atoms with E-state index in [1.807, 2.05) is 18.5 Å². The van der Waals surface area contributed by atoms with Crippen molar-refractivity contribution in [3.8, 4) is 0 Å². The number of anilines is 1. The van der Waals surface area contributed by atoms with Crippen molar-refractivity contribution in [3.05, 3.63) is 29.8 Å². The summed E-state index contributed by atoms with van der Waals surface area (Å²) in [6, 6.07) is 1.53. The SMILES string of the molecule is CC(C)c1nsc(N2CCN(C(N)=O)C(c3cc[nH]c3)C2)n1. The summed E-state index contributed by atoms with van der Waals surface area (Å²) in [6.07, 6.45) is 3.76. The third kappa shape index (κ3) is 2.78. The number of primary amides is 1. The highest BCUT2D eigenvalue weighted by atomic mass is 32.1. The van der Waals surface area contributed by atoms with Crippen LogP contribution < -0.4 is 10.6 Å². The Kier molecular flexibility index (Phi) is 4.02. The highest BCUT2D eigenvalue weighted by Gasteiger charge is 2.32. The topological polar surface area (TPSA) is 91.1 Å². The van der Waals surface area contributed by atoms with Gasteiger partial charge in [-0.15, -0.1) is 0 Å². The lowest BCUT2D eigenvalue weighted by atomic mass is 10.1. The highest BCUT2D eigenvalue weighted by molar-refractivity contribution is 7.09. The molecule has 0 spiro atoms.